The second-order valence-electron chi connectivity index (χ2n) is 6.63. The first-order chi connectivity index (χ1) is 14.3. The van der Waals surface area contributed by atoms with Gasteiger partial charge in [0, 0.05) is 16.4 Å². The van der Waals surface area contributed by atoms with Gasteiger partial charge in [0.15, 0.2) is 0 Å². The Hall–Kier alpha value is -3.03. The van der Waals surface area contributed by atoms with Crippen molar-refractivity contribution in [2.75, 3.05) is 17.1 Å². The van der Waals surface area contributed by atoms with Crippen LogP contribution in [-0.4, -0.2) is 21.4 Å². The highest BCUT2D eigenvalue weighted by Gasteiger charge is 2.21. The maximum Gasteiger partial charge on any atom is 0.265 e. The smallest absolute Gasteiger partial charge is 0.265 e. The minimum atomic E-state index is -3.96. The van der Waals surface area contributed by atoms with Crippen molar-refractivity contribution in [3.05, 3.63) is 82.9 Å². The molecule has 0 heterocycles. The van der Waals surface area contributed by atoms with Crippen LogP contribution in [-0.2, 0) is 21.2 Å². The summed E-state index contributed by atoms with van der Waals surface area (Å²) < 4.78 is 33.5. The van der Waals surface area contributed by atoms with Gasteiger partial charge in [-0.2, -0.15) is 0 Å². The van der Waals surface area contributed by atoms with Crippen LogP contribution in [0.25, 0.3) is 0 Å². The molecule has 0 radical (unpaired) electrons. The molecule has 8 heteroatoms. The van der Waals surface area contributed by atoms with Crippen molar-refractivity contribution in [2.45, 2.75) is 18.2 Å². The van der Waals surface area contributed by atoms with Crippen LogP contribution in [0.15, 0.2) is 71.6 Å². The van der Waals surface area contributed by atoms with Crippen LogP contribution >= 0.6 is 11.6 Å². The first-order valence-corrected chi connectivity index (χ1v) is 11.0. The van der Waals surface area contributed by atoms with Gasteiger partial charge < -0.3 is 10.1 Å². The molecule has 30 heavy (non-hydrogen) atoms. The van der Waals surface area contributed by atoms with E-state index >= 15 is 0 Å². The quantitative estimate of drug-likeness (QED) is 0.556. The van der Waals surface area contributed by atoms with E-state index in [-0.39, 0.29) is 23.0 Å². The molecule has 0 saturated carbocycles. The predicted molar refractivity (Wildman–Crippen MR) is 119 cm³/mol. The summed E-state index contributed by atoms with van der Waals surface area (Å²) in [4.78, 5) is 12.4. The lowest BCUT2D eigenvalue weighted by Gasteiger charge is -2.14. The van der Waals surface area contributed by atoms with E-state index in [2.05, 4.69) is 10.0 Å². The number of aryl methyl sites for hydroxylation is 1. The fraction of sp³-hybridized carbons (Fsp3) is 0.136. The monoisotopic (exact) mass is 444 g/mol. The molecule has 3 aromatic rings. The SMILES string of the molecule is COc1ccc(NC(=O)Cc2ccccc2C)cc1S(=O)(=O)Nc1ccc(Cl)cc1. The number of carbonyl (C=O) groups is 1. The third kappa shape index (κ3) is 5.31. The lowest BCUT2D eigenvalue weighted by atomic mass is 10.1. The summed E-state index contributed by atoms with van der Waals surface area (Å²) in [5.74, 6) is -0.0863. The van der Waals surface area contributed by atoms with Gasteiger partial charge in [-0.25, -0.2) is 8.42 Å². The van der Waals surface area contributed by atoms with Crippen LogP contribution in [0.2, 0.25) is 5.02 Å². The molecule has 0 fully saturated rings. The largest absolute Gasteiger partial charge is 0.495 e. The number of rotatable bonds is 7. The summed E-state index contributed by atoms with van der Waals surface area (Å²) in [7, 11) is -2.58. The Balaban J connectivity index is 1.83. The molecule has 2 N–H and O–H groups in total. The third-order valence-corrected chi connectivity index (χ3v) is 6.10. The summed E-state index contributed by atoms with van der Waals surface area (Å²) in [6.07, 6.45) is 0.184. The van der Waals surface area contributed by atoms with Crippen molar-refractivity contribution in [1.29, 1.82) is 0 Å². The van der Waals surface area contributed by atoms with E-state index in [4.69, 9.17) is 16.3 Å². The topological polar surface area (TPSA) is 84.5 Å². The number of sulfonamides is 1. The lowest BCUT2D eigenvalue weighted by Crippen LogP contribution is -2.17. The standard InChI is InChI=1S/C22H21ClN2O4S/c1-15-5-3-4-6-16(15)13-22(26)24-19-11-12-20(29-2)21(14-19)30(27,28)25-18-9-7-17(23)8-10-18/h3-12,14,25H,13H2,1-2H3,(H,24,26). The number of carbonyl (C=O) groups excluding carboxylic acids is 1. The number of halogens is 1. The highest BCUT2D eigenvalue weighted by atomic mass is 35.5. The minimum Gasteiger partial charge on any atom is -0.495 e. The number of benzene rings is 3. The summed E-state index contributed by atoms with van der Waals surface area (Å²) in [6, 6.07) is 18.3. The van der Waals surface area contributed by atoms with Crippen molar-refractivity contribution in [2.24, 2.45) is 0 Å². The average Bonchev–Trinajstić information content (AvgIpc) is 2.71. The van der Waals surface area contributed by atoms with Gasteiger partial charge in [0.1, 0.15) is 10.6 Å². The van der Waals surface area contributed by atoms with Crippen molar-refractivity contribution < 1.29 is 17.9 Å². The molecular formula is C22H21ClN2O4S. The maximum absolute atomic E-state index is 12.9. The molecule has 3 aromatic carbocycles. The Morgan fingerprint density at radius 3 is 2.33 bits per heavy atom. The molecule has 156 valence electrons. The Bertz CT molecular complexity index is 1160. The first kappa shape index (κ1) is 21.7. The van der Waals surface area contributed by atoms with Crippen molar-refractivity contribution in [3.63, 3.8) is 0 Å². The van der Waals surface area contributed by atoms with Crippen molar-refractivity contribution >= 4 is 38.9 Å². The Morgan fingerprint density at radius 2 is 1.67 bits per heavy atom. The molecule has 1 amide bonds. The molecule has 0 aliphatic heterocycles. The number of anilines is 2. The summed E-state index contributed by atoms with van der Waals surface area (Å²) in [5.41, 5.74) is 2.62. The van der Waals surface area contributed by atoms with Gasteiger partial charge in [0.25, 0.3) is 10.0 Å². The number of hydrogen-bond donors (Lipinski definition) is 2. The maximum atomic E-state index is 12.9. The van der Waals surface area contributed by atoms with E-state index in [1.165, 1.54) is 19.2 Å². The van der Waals surface area contributed by atoms with Crippen molar-refractivity contribution in [1.82, 2.24) is 0 Å². The van der Waals surface area contributed by atoms with Crippen LogP contribution < -0.4 is 14.8 Å². The van der Waals surface area contributed by atoms with Crippen LogP contribution in [0.4, 0.5) is 11.4 Å². The number of methoxy groups -OCH3 is 1. The normalized spacial score (nSPS) is 11.0. The van der Waals surface area contributed by atoms with Gasteiger partial charge in [-0.1, -0.05) is 35.9 Å². The second-order valence-corrected chi connectivity index (χ2v) is 8.72. The highest BCUT2D eigenvalue weighted by Crippen LogP contribution is 2.29. The van der Waals surface area contributed by atoms with Gasteiger partial charge in [-0.15, -0.1) is 0 Å². The van der Waals surface area contributed by atoms with Gasteiger partial charge >= 0.3 is 0 Å². The number of amides is 1. The first-order valence-electron chi connectivity index (χ1n) is 9.09. The van der Waals surface area contributed by atoms with E-state index < -0.39 is 10.0 Å². The molecule has 3 rings (SSSR count). The Morgan fingerprint density at radius 1 is 1.00 bits per heavy atom. The second kappa shape index (κ2) is 9.19. The molecule has 6 nitrogen and oxygen atoms in total. The number of ether oxygens (including phenoxy) is 1. The number of hydrogen-bond acceptors (Lipinski definition) is 4. The molecule has 0 bridgehead atoms. The molecule has 0 spiro atoms. The predicted octanol–water partition coefficient (Wildman–Crippen LogP) is 4.64. The van der Waals surface area contributed by atoms with Crippen LogP contribution in [0, 0.1) is 6.92 Å². The average molecular weight is 445 g/mol. The molecule has 0 atom stereocenters. The summed E-state index contributed by atoms with van der Waals surface area (Å²) in [5, 5.41) is 3.24. The molecule has 0 aliphatic rings. The molecule has 0 unspecified atom stereocenters. The summed E-state index contributed by atoms with van der Waals surface area (Å²) in [6.45, 7) is 1.93. The zero-order valence-corrected chi connectivity index (χ0v) is 18.0. The fourth-order valence-corrected chi connectivity index (χ4v) is 4.26. The Kier molecular flexibility index (Phi) is 6.64. The van der Waals surface area contributed by atoms with Gasteiger partial charge in [-0.05, 0) is 60.5 Å². The van der Waals surface area contributed by atoms with Crippen LogP contribution in [0.3, 0.4) is 0 Å². The minimum absolute atomic E-state index is 0.0892. The summed E-state index contributed by atoms with van der Waals surface area (Å²) >= 11 is 5.85. The van der Waals surface area contributed by atoms with E-state index in [1.54, 1.807) is 30.3 Å². The molecular weight excluding hydrogens is 424 g/mol. The molecule has 0 aromatic heterocycles. The molecule has 0 aliphatic carbocycles. The number of nitrogens with one attached hydrogen (secondary N) is 2. The third-order valence-electron chi connectivity index (χ3n) is 4.45. The van der Waals surface area contributed by atoms with Gasteiger partial charge in [0.2, 0.25) is 5.91 Å². The van der Waals surface area contributed by atoms with E-state index in [1.807, 2.05) is 31.2 Å². The molecule has 0 saturated heterocycles. The van der Waals surface area contributed by atoms with E-state index in [0.29, 0.717) is 16.4 Å². The van der Waals surface area contributed by atoms with Crippen molar-refractivity contribution in [3.8, 4) is 5.75 Å². The lowest BCUT2D eigenvalue weighted by molar-refractivity contribution is -0.115. The van der Waals surface area contributed by atoms with E-state index in [0.717, 1.165) is 11.1 Å². The van der Waals surface area contributed by atoms with E-state index in [9.17, 15) is 13.2 Å². The van der Waals surface area contributed by atoms with Crippen LogP contribution in [0.1, 0.15) is 11.1 Å². The zero-order valence-electron chi connectivity index (χ0n) is 16.5. The Labute approximate surface area is 180 Å². The van der Waals surface area contributed by atoms with Gasteiger partial charge in [-0.3, -0.25) is 9.52 Å². The zero-order chi connectivity index (χ0) is 21.7. The highest BCUT2D eigenvalue weighted by molar-refractivity contribution is 7.92. The van der Waals surface area contributed by atoms with Crippen LogP contribution in [0.5, 0.6) is 5.75 Å². The van der Waals surface area contributed by atoms with Gasteiger partial charge in [0.05, 0.1) is 13.5 Å². The fourth-order valence-electron chi connectivity index (χ4n) is 2.88.